The predicted molar refractivity (Wildman–Crippen MR) is 109 cm³/mol. The van der Waals surface area contributed by atoms with E-state index in [1.54, 1.807) is 18.2 Å². The first kappa shape index (κ1) is 21.1. The lowest BCUT2D eigenvalue weighted by molar-refractivity contribution is -0.117. The van der Waals surface area contributed by atoms with Gasteiger partial charge in [-0.15, -0.1) is 0 Å². The Balaban J connectivity index is 2.23. The molecule has 1 N–H and O–H groups in total. The number of ether oxygens (including phenoxy) is 1. The fourth-order valence-corrected chi connectivity index (χ4v) is 3.02. The summed E-state index contributed by atoms with van der Waals surface area (Å²) in [6, 6.07) is 12.2. The minimum absolute atomic E-state index is 0.0411. The molecule has 0 saturated heterocycles. The van der Waals surface area contributed by atoms with E-state index < -0.39 is 5.91 Å². The number of nitrogens with one attached hydrogen (secondary N) is 1. The Morgan fingerprint density at radius 3 is 2.37 bits per heavy atom. The van der Waals surface area contributed by atoms with E-state index in [9.17, 15) is 10.1 Å². The van der Waals surface area contributed by atoms with Gasteiger partial charge in [0.25, 0.3) is 5.91 Å². The largest absolute Gasteiger partial charge is 0.486 e. The van der Waals surface area contributed by atoms with E-state index in [0.29, 0.717) is 16.3 Å². The Bertz CT molecular complexity index is 895. The maximum absolute atomic E-state index is 12.0. The molecule has 2 rings (SSSR count). The molecular weight excluding hydrogens is 407 g/mol. The van der Waals surface area contributed by atoms with Crippen molar-refractivity contribution in [3.8, 4) is 11.8 Å². The number of hydrogen-bond donors (Lipinski definition) is 1. The molecule has 0 bridgehead atoms. The van der Waals surface area contributed by atoms with Gasteiger partial charge in [-0.1, -0.05) is 53.0 Å². The van der Waals surface area contributed by atoms with Crippen molar-refractivity contribution in [3.63, 3.8) is 0 Å². The van der Waals surface area contributed by atoms with Crippen molar-refractivity contribution in [3.05, 3.63) is 68.2 Å². The Hall–Kier alpha value is -2.19. The summed E-state index contributed by atoms with van der Waals surface area (Å²) in [6.07, 6.45) is 1.42. The second-order valence-electron chi connectivity index (χ2n) is 5.99. The fraction of sp³-hybridized carbons (Fsp3) is 0.200. The molecule has 0 saturated carbocycles. The van der Waals surface area contributed by atoms with Crippen molar-refractivity contribution in [2.75, 3.05) is 0 Å². The van der Waals surface area contributed by atoms with Gasteiger partial charge in [0.1, 0.15) is 18.2 Å². The average Bonchev–Trinajstić information content (AvgIpc) is 2.59. The van der Waals surface area contributed by atoms with E-state index >= 15 is 0 Å². The van der Waals surface area contributed by atoms with Crippen LogP contribution in [0.4, 0.5) is 0 Å². The molecule has 0 aliphatic carbocycles. The van der Waals surface area contributed by atoms with Crippen molar-refractivity contribution in [1.82, 2.24) is 5.32 Å². The number of carbonyl (C=O) groups excluding carboxylic acids is 1. The summed E-state index contributed by atoms with van der Waals surface area (Å²) in [5.41, 5.74) is 1.28. The zero-order valence-electron chi connectivity index (χ0n) is 14.7. The molecule has 2 aromatic rings. The van der Waals surface area contributed by atoms with Gasteiger partial charge in [0.15, 0.2) is 5.75 Å². The lowest BCUT2D eigenvalue weighted by Gasteiger charge is -2.12. The zero-order chi connectivity index (χ0) is 20.0. The van der Waals surface area contributed by atoms with Crippen LogP contribution in [0, 0.1) is 11.3 Å². The normalized spacial score (nSPS) is 11.2. The number of nitriles is 1. The minimum Gasteiger partial charge on any atom is -0.486 e. The summed E-state index contributed by atoms with van der Waals surface area (Å²) in [5, 5.41) is 13.0. The van der Waals surface area contributed by atoms with Gasteiger partial charge in [-0.05, 0) is 43.7 Å². The molecule has 0 radical (unpaired) electrons. The van der Waals surface area contributed by atoms with E-state index in [1.807, 2.05) is 38.1 Å². The van der Waals surface area contributed by atoms with E-state index in [1.165, 1.54) is 6.08 Å². The van der Waals surface area contributed by atoms with Crippen LogP contribution < -0.4 is 10.1 Å². The van der Waals surface area contributed by atoms with Gasteiger partial charge >= 0.3 is 0 Å². The molecule has 0 unspecified atom stereocenters. The highest BCUT2D eigenvalue weighted by Crippen LogP contribution is 2.35. The Morgan fingerprint density at radius 2 is 1.81 bits per heavy atom. The van der Waals surface area contributed by atoms with Crippen molar-refractivity contribution in [2.45, 2.75) is 26.5 Å². The van der Waals surface area contributed by atoms with Gasteiger partial charge in [-0.2, -0.15) is 5.26 Å². The van der Waals surface area contributed by atoms with E-state index in [4.69, 9.17) is 39.5 Å². The Labute approximate surface area is 173 Å². The second-order valence-corrected chi connectivity index (χ2v) is 7.21. The van der Waals surface area contributed by atoms with Crippen LogP contribution in [-0.4, -0.2) is 11.9 Å². The number of halogens is 3. The van der Waals surface area contributed by atoms with Gasteiger partial charge < -0.3 is 10.1 Å². The standard InChI is InChI=1S/C20H17Cl3N2O2/c1-12(2)25-20(26)15(10-24)7-13-8-17(22)19(18(23)9-13)27-11-14-5-3-4-6-16(14)21/h3-9,12H,11H2,1-2H3,(H,25,26)/b15-7-. The molecular formula is C20H17Cl3N2O2. The van der Waals surface area contributed by atoms with Gasteiger partial charge in [0.2, 0.25) is 0 Å². The van der Waals surface area contributed by atoms with Crippen LogP contribution in [0.5, 0.6) is 5.75 Å². The third kappa shape index (κ3) is 5.90. The van der Waals surface area contributed by atoms with Crippen molar-refractivity contribution >= 4 is 46.8 Å². The lowest BCUT2D eigenvalue weighted by atomic mass is 10.1. The Morgan fingerprint density at radius 1 is 1.19 bits per heavy atom. The predicted octanol–water partition coefficient (Wildman–Crippen LogP) is 5.66. The summed E-state index contributed by atoms with van der Waals surface area (Å²) in [7, 11) is 0. The second kappa shape index (κ2) is 9.66. The first-order chi connectivity index (χ1) is 12.8. The molecule has 0 fully saturated rings. The molecule has 27 heavy (non-hydrogen) atoms. The first-order valence-electron chi connectivity index (χ1n) is 8.09. The van der Waals surface area contributed by atoms with Gasteiger partial charge in [0, 0.05) is 16.6 Å². The zero-order valence-corrected chi connectivity index (χ0v) is 17.0. The highest BCUT2D eigenvalue weighted by Gasteiger charge is 2.13. The van der Waals surface area contributed by atoms with E-state index in [0.717, 1.165) is 5.56 Å². The van der Waals surface area contributed by atoms with Crippen LogP contribution in [-0.2, 0) is 11.4 Å². The summed E-state index contributed by atoms with van der Waals surface area (Å²) in [6.45, 7) is 3.83. The molecule has 140 valence electrons. The summed E-state index contributed by atoms with van der Waals surface area (Å²) < 4.78 is 5.71. The molecule has 2 aromatic carbocycles. The molecule has 0 heterocycles. The lowest BCUT2D eigenvalue weighted by Crippen LogP contribution is -2.30. The van der Waals surface area contributed by atoms with Crippen LogP contribution in [0.2, 0.25) is 15.1 Å². The van der Waals surface area contributed by atoms with Crippen LogP contribution >= 0.6 is 34.8 Å². The highest BCUT2D eigenvalue weighted by atomic mass is 35.5. The van der Waals surface area contributed by atoms with E-state index in [-0.39, 0.29) is 28.3 Å². The number of amides is 1. The fourth-order valence-electron chi connectivity index (χ4n) is 2.22. The maximum Gasteiger partial charge on any atom is 0.262 e. The van der Waals surface area contributed by atoms with Gasteiger partial charge in [-0.25, -0.2) is 0 Å². The maximum atomic E-state index is 12.0. The average molecular weight is 424 g/mol. The van der Waals surface area contributed by atoms with Gasteiger partial charge in [0.05, 0.1) is 10.0 Å². The number of carbonyl (C=O) groups is 1. The quantitative estimate of drug-likeness (QED) is 0.482. The molecule has 0 aromatic heterocycles. The topological polar surface area (TPSA) is 62.1 Å². The summed E-state index contributed by atoms with van der Waals surface area (Å²) >= 11 is 18.7. The molecule has 0 spiro atoms. The third-order valence-electron chi connectivity index (χ3n) is 3.45. The molecule has 4 nitrogen and oxygen atoms in total. The molecule has 1 amide bonds. The third-order valence-corrected chi connectivity index (χ3v) is 4.38. The van der Waals surface area contributed by atoms with Crippen molar-refractivity contribution in [2.24, 2.45) is 0 Å². The Kier molecular flexibility index (Phi) is 7.55. The molecule has 7 heteroatoms. The van der Waals surface area contributed by atoms with Crippen LogP contribution in [0.15, 0.2) is 42.0 Å². The van der Waals surface area contributed by atoms with Gasteiger partial charge in [-0.3, -0.25) is 4.79 Å². The summed E-state index contributed by atoms with van der Waals surface area (Å²) in [4.78, 5) is 12.0. The number of benzene rings is 2. The highest BCUT2D eigenvalue weighted by molar-refractivity contribution is 6.37. The smallest absolute Gasteiger partial charge is 0.262 e. The monoisotopic (exact) mass is 422 g/mol. The van der Waals surface area contributed by atoms with Crippen LogP contribution in [0.3, 0.4) is 0 Å². The van der Waals surface area contributed by atoms with Crippen molar-refractivity contribution in [1.29, 1.82) is 5.26 Å². The van der Waals surface area contributed by atoms with Crippen molar-refractivity contribution < 1.29 is 9.53 Å². The molecule has 0 aliphatic heterocycles. The number of nitrogens with zero attached hydrogens (tertiary/aromatic N) is 1. The molecule has 0 atom stereocenters. The SMILES string of the molecule is CC(C)NC(=O)/C(C#N)=C\c1cc(Cl)c(OCc2ccccc2Cl)c(Cl)c1. The first-order valence-corrected chi connectivity index (χ1v) is 9.23. The number of hydrogen-bond acceptors (Lipinski definition) is 3. The molecule has 0 aliphatic rings. The summed E-state index contributed by atoms with van der Waals surface area (Å²) in [5.74, 6) is -0.153. The van der Waals surface area contributed by atoms with E-state index in [2.05, 4.69) is 5.32 Å². The van der Waals surface area contributed by atoms with Crippen LogP contribution in [0.25, 0.3) is 6.08 Å². The minimum atomic E-state index is -0.459. The number of rotatable bonds is 6. The van der Waals surface area contributed by atoms with Crippen LogP contribution in [0.1, 0.15) is 25.0 Å².